The van der Waals surface area contributed by atoms with Crippen molar-refractivity contribution < 1.29 is 52.3 Å². The Morgan fingerprint density at radius 3 is 1.39 bits per heavy atom. The number of hydrogen-bond donors (Lipinski definition) is 1. The summed E-state index contributed by atoms with van der Waals surface area (Å²) in [6.45, 7) is 3.81. The van der Waals surface area contributed by atoms with Crippen LogP contribution in [-0.2, 0) is 41.5 Å². The summed E-state index contributed by atoms with van der Waals surface area (Å²) in [4.78, 5) is 53.3. The SMILES string of the molecule is COc1ccc(CN2C(=O)OC3COCCC3c3cc(Cl)cnc32)cc1.COc1ccc(CN2C(=O)OC3COCCC3c3cc(Cl)cnc32)cc1.O=C1Nc2ncc(Cl)cc2[C@@H]2CCOC[C@@H]2O1. The first kappa shape index (κ1) is 48.1. The van der Waals surface area contributed by atoms with Crippen LogP contribution in [0.25, 0.3) is 0 Å². The number of rotatable bonds is 6. The fourth-order valence-electron chi connectivity index (χ4n) is 9.21. The van der Waals surface area contributed by atoms with E-state index in [-0.39, 0.29) is 36.1 Å². The lowest BCUT2D eigenvalue weighted by atomic mass is 9.89. The molecule has 6 aliphatic heterocycles. The molecule has 0 spiro atoms. The zero-order chi connectivity index (χ0) is 48.0. The van der Waals surface area contributed by atoms with Gasteiger partial charge in [-0.25, -0.2) is 29.3 Å². The number of anilines is 3. The van der Waals surface area contributed by atoms with Gasteiger partial charge in [0.05, 0.1) is 62.2 Å². The predicted octanol–water partition coefficient (Wildman–Crippen LogP) is 9.72. The zero-order valence-electron chi connectivity index (χ0n) is 37.7. The number of methoxy groups -OCH3 is 2. The minimum absolute atomic E-state index is 0.0368. The van der Waals surface area contributed by atoms with Crippen LogP contribution in [0.4, 0.5) is 31.8 Å². The third-order valence-electron chi connectivity index (χ3n) is 12.7. The van der Waals surface area contributed by atoms with E-state index in [2.05, 4.69) is 20.3 Å². The molecule has 0 bridgehead atoms. The number of pyridine rings is 3. The standard InChI is InChI=1S/2C19H19ClN2O4.C11H11ClN2O3/c2*1-24-14-4-2-12(3-5-14)10-22-18-16(8-13(20)9-21-18)15-6-7-25-11-17(15)26-19(22)23;12-6-3-8-7-1-2-16-5-9(7)17-11(15)14-10(8)13-4-6/h2*2-5,8-9,15,17H,6-7,10-11H2,1H3;3-4,7,9H,1-2,5H2,(H,13,14,15)/t;;7-,9-/m..0/s1. The number of hydrogen-bond acceptors (Lipinski definition) is 14. The molecule has 17 nitrogen and oxygen atoms in total. The third kappa shape index (κ3) is 11.1. The molecule has 5 aromatic rings. The Labute approximate surface area is 413 Å². The van der Waals surface area contributed by atoms with Gasteiger partial charge in [0, 0.05) is 72.9 Å². The number of fused-ring (bicyclic) bond motifs is 9. The number of carbonyl (C=O) groups is 3. The highest BCUT2D eigenvalue weighted by molar-refractivity contribution is 6.31. The van der Waals surface area contributed by atoms with Gasteiger partial charge in [0.15, 0.2) is 0 Å². The van der Waals surface area contributed by atoms with Gasteiger partial charge in [-0.1, -0.05) is 59.1 Å². The molecule has 4 unspecified atom stereocenters. The quantitative estimate of drug-likeness (QED) is 0.159. The molecule has 3 amide bonds. The molecule has 3 fully saturated rings. The minimum Gasteiger partial charge on any atom is -0.497 e. The zero-order valence-corrected chi connectivity index (χ0v) is 40.0. The number of amides is 3. The maximum atomic E-state index is 12.8. The molecule has 3 aromatic heterocycles. The van der Waals surface area contributed by atoms with E-state index in [1.807, 2.05) is 66.7 Å². The van der Waals surface area contributed by atoms with E-state index < -0.39 is 18.3 Å². The van der Waals surface area contributed by atoms with Gasteiger partial charge in [0.25, 0.3) is 0 Å². The number of carbonyl (C=O) groups excluding carboxylic acids is 3. The van der Waals surface area contributed by atoms with Gasteiger partial charge in [-0.3, -0.25) is 15.1 Å². The first-order valence-corrected chi connectivity index (χ1v) is 23.6. The van der Waals surface area contributed by atoms with Gasteiger partial charge < -0.3 is 37.9 Å². The van der Waals surface area contributed by atoms with Gasteiger partial charge in [0.2, 0.25) is 0 Å². The highest BCUT2D eigenvalue weighted by atomic mass is 35.5. The van der Waals surface area contributed by atoms with Crippen molar-refractivity contribution in [3.63, 3.8) is 0 Å². The maximum Gasteiger partial charge on any atom is 0.416 e. The normalized spacial score (nSPS) is 23.3. The monoisotopic (exact) mass is 1000 g/mol. The average Bonchev–Trinajstić information content (AvgIpc) is 3.64. The van der Waals surface area contributed by atoms with E-state index >= 15 is 0 Å². The third-order valence-corrected chi connectivity index (χ3v) is 13.3. The fourth-order valence-corrected chi connectivity index (χ4v) is 9.71. The number of nitrogens with one attached hydrogen (secondary N) is 1. The van der Waals surface area contributed by atoms with E-state index in [0.29, 0.717) is 85.3 Å². The molecule has 20 heteroatoms. The Kier molecular flexibility index (Phi) is 15.2. The van der Waals surface area contributed by atoms with Crippen molar-refractivity contribution in [1.29, 1.82) is 0 Å². The van der Waals surface area contributed by atoms with Crippen LogP contribution in [0.5, 0.6) is 11.5 Å². The van der Waals surface area contributed by atoms with Crippen LogP contribution in [0, 0.1) is 0 Å². The molecule has 11 rings (SSSR count). The highest BCUT2D eigenvalue weighted by Gasteiger charge is 2.41. The van der Waals surface area contributed by atoms with Crippen LogP contribution in [0.2, 0.25) is 15.1 Å². The molecule has 6 atom stereocenters. The van der Waals surface area contributed by atoms with Crippen LogP contribution in [0.3, 0.4) is 0 Å². The lowest BCUT2D eigenvalue weighted by Gasteiger charge is -2.29. The lowest BCUT2D eigenvalue weighted by Crippen LogP contribution is -2.36. The van der Waals surface area contributed by atoms with E-state index in [1.54, 1.807) is 36.4 Å². The van der Waals surface area contributed by atoms with Crippen LogP contribution in [0.1, 0.15) is 64.8 Å². The summed E-state index contributed by atoms with van der Waals surface area (Å²) in [6.07, 6.45) is 4.74. The van der Waals surface area contributed by atoms with E-state index in [0.717, 1.165) is 58.6 Å². The Bertz CT molecular complexity index is 2510. The fraction of sp³-hybridized carbons (Fsp3) is 0.388. The van der Waals surface area contributed by atoms with Gasteiger partial charge in [-0.2, -0.15) is 0 Å². The van der Waals surface area contributed by atoms with Gasteiger partial charge in [0.1, 0.15) is 47.3 Å². The summed E-state index contributed by atoms with van der Waals surface area (Å²) in [5.74, 6) is 3.44. The summed E-state index contributed by atoms with van der Waals surface area (Å²) < 4.78 is 43.4. The second-order valence-electron chi connectivity index (χ2n) is 16.9. The van der Waals surface area contributed by atoms with Crippen molar-refractivity contribution in [2.45, 2.75) is 68.4 Å². The first-order chi connectivity index (χ1) is 33.5. The maximum absolute atomic E-state index is 12.8. The van der Waals surface area contributed by atoms with Gasteiger partial charge in [-0.15, -0.1) is 0 Å². The Morgan fingerprint density at radius 1 is 0.565 bits per heavy atom. The number of aromatic nitrogens is 3. The molecule has 2 aromatic carbocycles. The Hall–Kier alpha value is -5.95. The number of halogens is 3. The molecule has 1 N–H and O–H groups in total. The molecule has 6 aliphatic rings. The average molecular weight is 1000 g/mol. The van der Waals surface area contributed by atoms with Gasteiger partial charge >= 0.3 is 18.3 Å². The van der Waals surface area contributed by atoms with Crippen molar-refractivity contribution in [3.8, 4) is 11.5 Å². The van der Waals surface area contributed by atoms with E-state index in [9.17, 15) is 14.4 Å². The van der Waals surface area contributed by atoms with Crippen molar-refractivity contribution in [2.24, 2.45) is 0 Å². The Morgan fingerprint density at radius 2 is 0.957 bits per heavy atom. The van der Waals surface area contributed by atoms with Crippen molar-refractivity contribution in [2.75, 3.05) is 69.0 Å². The van der Waals surface area contributed by atoms with Crippen LogP contribution in [-0.4, -0.2) is 105 Å². The van der Waals surface area contributed by atoms with Crippen molar-refractivity contribution in [3.05, 3.63) is 128 Å². The minimum atomic E-state index is -0.487. The van der Waals surface area contributed by atoms with E-state index in [4.69, 9.17) is 72.7 Å². The molecule has 3 saturated heterocycles. The highest BCUT2D eigenvalue weighted by Crippen LogP contribution is 2.42. The first-order valence-electron chi connectivity index (χ1n) is 22.4. The summed E-state index contributed by atoms with van der Waals surface area (Å²) >= 11 is 18.3. The second kappa shape index (κ2) is 21.8. The Balaban J connectivity index is 0.000000132. The van der Waals surface area contributed by atoms with Crippen molar-refractivity contribution >= 4 is 70.5 Å². The smallest absolute Gasteiger partial charge is 0.416 e. The molecular weight excluding hydrogens is 955 g/mol. The van der Waals surface area contributed by atoms with Crippen molar-refractivity contribution in [1.82, 2.24) is 15.0 Å². The lowest BCUT2D eigenvalue weighted by molar-refractivity contribution is -0.0260. The molecule has 0 saturated carbocycles. The predicted molar refractivity (Wildman–Crippen MR) is 255 cm³/mol. The van der Waals surface area contributed by atoms with Gasteiger partial charge in [-0.05, 0) is 72.9 Å². The largest absolute Gasteiger partial charge is 0.497 e. The van der Waals surface area contributed by atoms with E-state index in [1.165, 1.54) is 6.20 Å². The molecular formula is C49H49Cl3N6O11. The summed E-state index contributed by atoms with van der Waals surface area (Å²) in [7, 11) is 3.24. The second-order valence-corrected chi connectivity index (χ2v) is 18.2. The molecule has 9 heterocycles. The molecule has 69 heavy (non-hydrogen) atoms. The van der Waals surface area contributed by atoms with Crippen LogP contribution in [0.15, 0.2) is 85.3 Å². The summed E-state index contributed by atoms with van der Waals surface area (Å²) in [5, 5.41) is 4.28. The molecule has 0 radical (unpaired) electrons. The summed E-state index contributed by atoms with van der Waals surface area (Å²) in [6, 6.07) is 20.7. The summed E-state index contributed by atoms with van der Waals surface area (Å²) in [5.41, 5.74) is 4.70. The number of nitrogens with zero attached hydrogens (tertiary/aromatic N) is 5. The molecule has 362 valence electrons. The molecule has 0 aliphatic carbocycles. The van der Waals surface area contributed by atoms with Crippen LogP contribution < -0.4 is 24.6 Å². The number of benzene rings is 2. The van der Waals surface area contributed by atoms with Crippen LogP contribution >= 0.6 is 34.8 Å². The topological polar surface area (TPSA) is 182 Å². The number of ether oxygens (including phenoxy) is 8.